The molecule has 7 heteroatoms. The monoisotopic (exact) mass is 328 g/mol. The van der Waals surface area contributed by atoms with E-state index < -0.39 is 6.04 Å². The number of hydrazine groups is 1. The number of aromatic nitrogens is 2. The number of nitrogens with zero attached hydrogens (tertiary/aromatic N) is 2. The summed E-state index contributed by atoms with van der Waals surface area (Å²) in [7, 11) is 3.28. The van der Waals surface area contributed by atoms with Crippen LogP contribution in [-0.4, -0.2) is 16.9 Å². The first-order chi connectivity index (χ1) is 9.10. The third kappa shape index (κ3) is 2.49. The molecule has 1 atom stereocenters. The average Bonchev–Trinajstić information content (AvgIpc) is 2.75. The number of rotatable bonds is 4. The molecule has 1 aromatic heterocycles. The normalized spacial score (nSPS) is 12.5. The summed E-state index contributed by atoms with van der Waals surface area (Å²) in [5, 5.41) is 4.10. The fourth-order valence-electron chi connectivity index (χ4n) is 2.00. The standard InChI is InChI=1S/C12H14BrFN4O/c1-18-12(9(19-2)6-16-18)11(17-15)10-7(13)4-3-5-8(10)14/h3-6,11,17H,15H2,1-2H3. The summed E-state index contributed by atoms with van der Waals surface area (Å²) in [4.78, 5) is 0. The molecule has 0 amide bonds. The van der Waals surface area contributed by atoms with Crippen LogP contribution in [0.2, 0.25) is 0 Å². The fraction of sp³-hybridized carbons (Fsp3) is 0.250. The van der Waals surface area contributed by atoms with Gasteiger partial charge in [-0.3, -0.25) is 10.5 Å². The Morgan fingerprint density at radius 2 is 2.26 bits per heavy atom. The van der Waals surface area contributed by atoms with Crippen molar-refractivity contribution in [1.82, 2.24) is 15.2 Å². The van der Waals surface area contributed by atoms with Gasteiger partial charge in [0.2, 0.25) is 0 Å². The highest BCUT2D eigenvalue weighted by Crippen LogP contribution is 2.34. The molecule has 102 valence electrons. The number of nitrogens with one attached hydrogen (secondary N) is 1. The minimum atomic E-state index is -0.571. The molecule has 3 N–H and O–H groups in total. The highest BCUT2D eigenvalue weighted by molar-refractivity contribution is 9.10. The highest BCUT2D eigenvalue weighted by atomic mass is 79.9. The van der Waals surface area contributed by atoms with Crippen LogP contribution >= 0.6 is 15.9 Å². The van der Waals surface area contributed by atoms with Crippen LogP contribution in [0.1, 0.15) is 17.3 Å². The third-order valence-electron chi connectivity index (χ3n) is 2.90. The van der Waals surface area contributed by atoms with Crippen LogP contribution in [-0.2, 0) is 7.05 Å². The summed E-state index contributed by atoms with van der Waals surface area (Å²) in [5.74, 6) is 5.77. The number of hydrogen-bond acceptors (Lipinski definition) is 4. The Morgan fingerprint density at radius 3 is 2.84 bits per heavy atom. The van der Waals surface area contributed by atoms with Crippen LogP contribution in [0.25, 0.3) is 0 Å². The molecule has 1 heterocycles. The van der Waals surface area contributed by atoms with Gasteiger partial charge in [-0.2, -0.15) is 5.10 Å². The van der Waals surface area contributed by atoms with E-state index in [9.17, 15) is 4.39 Å². The number of benzene rings is 1. The van der Waals surface area contributed by atoms with Crippen molar-refractivity contribution in [3.8, 4) is 5.75 Å². The molecule has 2 rings (SSSR count). The van der Waals surface area contributed by atoms with E-state index in [0.29, 0.717) is 21.5 Å². The molecule has 0 bridgehead atoms. The Bertz CT molecular complexity index is 567. The Balaban J connectivity index is 2.59. The van der Waals surface area contributed by atoms with Gasteiger partial charge in [0.25, 0.3) is 0 Å². The van der Waals surface area contributed by atoms with E-state index >= 15 is 0 Å². The molecule has 1 unspecified atom stereocenters. The van der Waals surface area contributed by atoms with E-state index in [-0.39, 0.29) is 5.82 Å². The van der Waals surface area contributed by atoms with Crippen molar-refractivity contribution in [3.63, 3.8) is 0 Å². The van der Waals surface area contributed by atoms with Crippen molar-refractivity contribution in [3.05, 3.63) is 45.9 Å². The van der Waals surface area contributed by atoms with E-state index in [2.05, 4.69) is 26.5 Å². The van der Waals surface area contributed by atoms with Gasteiger partial charge in [0.15, 0.2) is 5.75 Å². The molecule has 2 aromatic rings. The number of methoxy groups -OCH3 is 1. The predicted octanol–water partition coefficient (Wildman–Crippen LogP) is 1.88. The summed E-state index contributed by atoms with van der Waals surface area (Å²) in [6, 6.07) is 4.19. The lowest BCUT2D eigenvalue weighted by atomic mass is 10.0. The maximum absolute atomic E-state index is 14.1. The number of ether oxygens (including phenoxy) is 1. The number of aryl methyl sites for hydroxylation is 1. The highest BCUT2D eigenvalue weighted by Gasteiger charge is 2.25. The van der Waals surface area contributed by atoms with Gasteiger partial charge < -0.3 is 4.74 Å². The number of nitrogens with two attached hydrogens (primary N) is 1. The zero-order chi connectivity index (χ0) is 14.0. The molecule has 1 aromatic carbocycles. The predicted molar refractivity (Wildman–Crippen MR) is 73.0 cm³/mol. The second kappa shape index (κ2) is 5.68. The molecule has 0 aliphatic rings. The first kappa shape index (κ1) is 14.0. The maximum atomic E-state index is 14.1. The number of halogens is 2. The quantitative estimate of drug-likeness (QED) is 0.664. The Morgan fingerprint density at radius 1 is 1.53 bits per heavy atom. The van der Waals surface area contributed by atoms with Crippen LogP contribution < -0.4 is 16.0 Å². The summed E-state index contributed by atoms with van der Waals surface area (Å²) >= 11 is 3.34. The van der Waals surface area contributed by atoms with Crippen molar-refractivity contribution >= 4 is 15.9 Å². The van der Waals surface area contributed by atoms with Crippen molar-refractivity contribution < 1.29 is 9.13 Å². The van der Waals surface area contributed by atoms with Crippen molar-refractivity contribution in [2.45, 2.75) is 6.04 Å². The summed E-state index contributed by atoms with van der Waals surface area (Å²) in [6.07, 6.45) is 1.56. The Labute approximate surface area is 118 Å². The van der Waals surface area contributed by atoms with Gasteiger partial charge >= 0.3 is 0 Å². The Kier molecular flexibility index (Phi) is 4.18. The topological polar surface area (TPSA) is 65.1 Å². The minimum absolute atomic E-state index is 0.361. The van der Waals surface area contributed by atoms with E-state index in [4.69, 9.17) is 10.6 Å². The molecule has 0 radical (unpaired) electrons. The summed E-state index contributed by atoms with van der Waals surface area (Å²) < 4.78 is 21.5. The third-order valence-corrected chi connectivity index (χ3v) is 3.59. The van der Waals surface area contributed by atoms with Crippen molar-refractivity contribution in [2.75, 3.05) is 7.11 Å². The molecular weight excluding hydrogens is 315 g/mol. The molecule has 0 saturated carbocycles. The van der Waals surface area contributed by atoms with Crippen molar-refractivity contribution in [1.29, 1.82) is 0 Å². The van der Waals surface area contributed by atoms with Crippen LogP contribution in [0.3, 0.4) is 0 Å². The second-order valence-electron chi connectivity index (χ2n) is 3.96. The van der Waals surface area contributed by atoms with Gasteiger partial charge in [-0.25, -0.2) is 9.82 Å². The van der Waals surface area contributed by atoms with Gasteiger partial charge in [0.1, 0.15) is 11.5 Å². The van der Waals surface area contributed by atoms with Gasteiger partial charge in [-0.1, -0.05) is 22.0 Å². The van der Waals surface area contributed by atoms with E-state index in [1.165, 1.54) is 13.2 Å². The van der Waals surface area contributed by atoms with Crippen LogP contribution in [0, 0.1) is 5.82 Å². The summed E-state index contributed by atoms with van der Waals surface area (Å²) in [6.45, 7) is 0. The van der Waals surface area contributed by atoms with Gasteiger partial charge in [0, 0.05) is 17.1 Å². The molecule has 0 spiro atoms. The SMILES string of the molecule is COc1cnn(C)c1C(NN)c1c(F)cccc1Br. The van der Waals surface area contributed by atoms with Crippen LogP contribution in [0.15, 0.2) is 28.9 Å². The first-order valence-electron chi connectivity index (χ1n) is 5.56. The lowest BCUT2D eigenvalue weighted by molar-refractivity contribution is 0.399. The molecule has 0 saturated heterocycles. The molecule has 5 nitrogen and oxygen atoms in total. The zero-order valence-electron chi connectivity index (χ0n) is 10.5. The van der Waals surface area contributed by atoms with Gasteiger partial charge in [-0.05, 0) is 12.1 Å². The first-order valence-corrected chi connectivity index (χ1v) is 6.35. The van der Waals surface area contributed by atoms with E-state index in [0.717, 1.165) is 0 Å². The fourth-order valence-corrected chi connectivity index (χ4v) is 2.57. The molecule has 0 aliphatic heterocycles. The van der Waals surface area contributed by atoms with Gasteiger partial charge in [-0.15, -0.1) is 0 Å². The minimum Gasteiger partial charge on any atom is -0.493 e. The summed E-state index contributed by atoms with van der Waals surface area (Å²) in [5.41, 5.74) is 3.67. The largest absolute Gasteiger partial charge is 0.493 e. The van der Waals surface area contributed by atoms with Crippen LogP contribution in [0.4, 0.5) is 4.39 Å². The smallest absolute Gasteiger partial charge is 0.161 e. The molecule has 0 aliphatic carbocycles. The lowest BCUT2D eigenvalue weighted by Gasteiger charge is -2.20. The Hall–Kier alpha value is -1.44. The second-order valence-corrected chi connectivity index (χ2v) is 4.81. The lowest BCUT2D eigenvalue weighted by Crippen LogP contribution is -2.31. The van der Waals surface area contributed by atoms with Crippen molar-refractivity contribution in [2.24, 2.45) is 12.9 Å². The maximum Gasteiger partial charge on any atom is 0.161 e. The molecular formula is C12H14BrFN4O. The molecule has 0 fully saturated rings. The van der Waals surface area contributed by atoms with E-state index in [1.54, 1.807) is 30.1 Å². The average molecular weight is 329 g/mol. The number of hydrogen-bond donors (Lipinski definition) is 2. The van der Waals surface area contributed by atoms with Gasteiger partial charge in [0.05, 0.1) is 19.3 Å². The zero-order valence-corrected chi connectivity index (χ0v) is 12.1. The van der Waals surface area contributed by atoms with E-state index in [1.807, 2.05) is 0 Å². The molecule has 19 heavy (non-hydrogen) atoms. The van der Waals surface area contributed by atoms with Crippen LogP contribution in [0.5, 0.6) is 5.75 Å².